The van der Waals surface area contributed by atoms with Crippen LogP contribution >= 0.6 is 11.6 Å². The Kier molecular flexibility index (Phi) is 3.21. The van der Waals surface area contributed by atoms with Crippen molar-refractivity contribution in [1.29, 1.82) is 0 Å². The van der Waals surface area contributed by atoms with Crippen molar-refractivity contribution < 1.29 is 0 Å². The molecule has 0 saturated carbocycles. The van der Waals surface area contributed by atoms with Crippen LogP contribution in [-0.2, 0) is 0 Å². The Morgan fingerprint density at radius 1 is 0.682 bits per heavy atom. The first-order chi connectivity index (χ1) is 10.8. The molecular formula is C20H14ClN. The van der Waals surface area contributed by atoms with E-state index in [1.165, 1.54) is 10.9 Å². The second-order valence-electron chi connectivity index (χ2n) is 5.24. The van der Waals surface area contributed by atoms with E-state index in [0.717, 1.165) is 21.9 Å². The highest BCUT2D eigenvalue weighted by Gasteiger charge is 2.13. The van der Waals surface area contributed by atoms with E-state index in [1.807, 2.05) is 24.3 Å². The molecule has 1 nitrogen and oxygen atoms in total. The molecule has 0 unspecified atom stereocenters. The van der Waals surface area contributed by atoms with Crippen LogP contribution in [0.25, 0.3) is 27.8 Å². The Bertz CT molecular complexity index is 938. The summed E-state index contributed by atoms with van der Waals surface area (Å²) < 4.78 is 2.23. The molecule has 0 amide bonds. The summed E-state index contributed by atoms with van der Waals surface area (Å²) in [6.07, 6.45) is 0. The maximum atomic E-state index is 6.45. The van der Waals surface area contributed by atoms with E-state index in [0.29, 0.717) is 0 Å². The van der Waals surface area contributed by atoms with Gasteiger partial charge in [0, 0.05) is 5.39 Å². The molecule has 0 bridgehead atoms. The molecule has 3 aromatic carbocycles. The Balaban J connectivity index is 2.10. The van der Waals surface area contributed by atoms with E-state index in [9.17, 15) is 0 Å². The number of hydrogen-bond donors (Lipinski definition) is 0. The molecule has 0 aliphatic heterocycles. The molecule has 106 valence electrons. The summed E-state index contributed by atoms with van der Waals surface area (Å²) in [4.78, 5) is 0. The summed E-state index contributed by atoms with van der Waals surface area (Å²) in [5, 5.41) is 1.96. The lowest BCUT2D eigenvalue weighted by atomic mass is 10.1. The van der Waals surface area contributed by atoms with Gasteiger partial charge in [0.25, 0.3) is 0 Å². The zero-order chi connectivity index (χ0) is 14.9. The molecule has 1 aromatic heterocycles. The van der Waals surface area contributed by atoms with Crippen LogP contribution in [0.4, 0.5) is 0 Å². The fourth-order valence-corrected chi connectivity index (χ4v) is 3.09. The molecule has 4 rings (SSSR count). The van der Waals surface area contributed by atoms with Gasteiger partial charge < -0.3 is 4.57 Å². The first-order valence-corrected chi connectivity index (χ1v) is 7.63. The molecule has 0 saturated heterocycles. The van der Waals surface area contributed by atoms with E-state index < -0.39 is 0 Å². The molecule has 4 aromatic rings. The predicted octanol–water partition coefficient (Wildman–Crippen LogP) is 5.95. The topological polar surface area (TPSA) is 4.93 Å². The summed E-state index contributed by atoms with van der Waals surface area (Å²) in [5.74, 6) is 0. The van der Waals surface area contributed by atoms with Gasteiger partial charge in [-0.25, -0.2) is 0 Å². The molecular weight excluding hydrogens is 290 g/mol. The van der Waals surface area contributed by atoms with E-state index in [-0.39, 0.29) is 0 Å². The molecule has 22 heavy (non-hydrogen) atoms. The van der Waals surface area contributed by atoms with Crippen LogP contribution in [0.5, 0.6) is 0 Å². The highest BCUT2D eigenvalue weighted by Crippen LogP contribution is 2.33. The SMILES string of the molecule is Clc1ccccc1-n1c(-c2ccccc2)cc2ccccc21. The molecule has 0 radical (unpaired) electrons. The van der Waals surface area contributed by atoms with Gasteiger partial charge in [0.15, 0.2) is 0 Å². The maximum Gasteiger partial charge on any atom is 0.0648 e. The first-order valence-electron chi connectivity index (χ1n) is 7.25. The van der Waals surface area contributed by atoms with Gasteiger partial charge in [-0.05, 0) is 29.8 Å². The highest BCUT2D eigenvalue weighted by molar-refractivity contribution is 6.32. The monoisotopic (exact) mass is 303 g/mol. The average Bonchev–Trinajstić information content (AvgIpc) is 2.95. The third-order valence-electron chi connectivity index (χ3n) is 3.87. The van der Waals surface area contributed by atoms with Crippen LogP contribution in [-0.4, -0.2) is 4.57 Å². The fraction of sp³-hybridized carbons (Fsp3) is 0. The summed E-state index contributed by atoms with van der Waals surface area (Å²) in [6, 6.07) is 29.0. The number of rotatable bonds is 2. The number of nitrogens with zero attached hydrogens (tertiary/aromatic N) is 1. The van der Waals surface area contributed by atoms with Crippen molar-refractivity contribution in [2.75, 3.05) is 0 Å². The van der Waals surface area contributed by atoms with Crippen molar-refractivity contribution >= 4 is 22.5 Å². The molecule has 0 spiro atoms. The number of aromatic nitrogens is 1. The van der Waals surface area contributed by atoms with Gasteiger partial charge >= 0.3 is 0 Å². The lowest BCUT2D eigenvalue weighted by Crippen LogP contribution is -1.97. The van der Waals surface area contributed by atoms with Gasteiger partial charge in [-0.2, -0.15) is 0 Å². The normalized spacial score (nSPS) is 11.0. The summed E-state index contributed by atoms with van der Waals surface area (Å²) in [5.41, 5.74) is 4.49. The molecule has 0 N–H and O–H groups in total. The van der Waals surface area contributed by atoms with Gasteiger partial charge in [-0.1, -0.05) is 72.3 Å². The van der Waals surface area contributed by atoms with Gasteiger partial charge in [0.2, 0.25) is 0 Å². The Morgan fingerprint density at radius 3 is 2.18 bits per heavy atom. The summed E-state index contributed by atoms with van der Waals surface area (Å²) >= 11 is 6.45. The van der Waals surface area contributed by atoms with E-state index >= 15 is 0 Å². The molecule has 2 heteroatoms. The first kappa shape index (κ1) is 13.2. The van der Waals surface area contributed by atoms with Crippen molar-refractivity contribution in [1.82, 2.24) is 4.57 Å². The minimum atomic E-state index is 0.751. The van der Waals surface area contributed by atoms with Crippen molar-refractivity contribution in [3.63, 3.8) is 0 Å². The lowest BCUT2D eigenvalue weighted by molar-refractivity contribution is 1.13. The number of fused-ring (bicyclic) bond motifs is 1. The quantitative estimate of drug-likeness (QED) is 0.431. The van der Waals surface area contributed by atoms with Crippen LogP contribution in [0, 0.1) is 0 Å². The van der Waals surface area contributed by atoms with Crippen LogP contribution in [0.1, 0.15) is 0 Å². The van der Waals surface area contributed by atoms with Gasteiger partial charge in [-0.3, -0.25) is 0 Å². The third-order valence-corrected chi connectivity index (χ3v) is 4.19. The molecule has 0 aliphatic carbocycles. The van der Waals surface area contributed by atoms with E-state index in [2.05, 4.69) is 65.2 Å². The number of benzene rings is 3. The average molecular weight is 304 g/mol. The predicted molar refractivity (Wildman–Crippen MR) is 93.7 cm³/mol. The highest BCUT2D eigenvalue weighted by atomic mass is 35.5. The Hall–Kier alpha value is -2.51. The molecule has 1 heterocycles. The zero-order valence-electron chi connectivity index (χ0n) is 11.9. The van der Waals surface area contributed by atoms with Gasteiger partial charge in [-0.15, -0.1) is 0 Å². The van der Waals surface area contributed by atoms with Crippen molar-refractivity contribution in [3.05, 3.63) is 90.0 Å². The Morgan fingerprint density at radius 2 is 1.36 bits per heavy atom. The van der Waals surface area contributed by atoms with Gasteiger partial charge in [0.1, 0.15) is 0 Å². The second kappa shape index (κ2) is 5.36. The summed E-state index contributed by atoms with van der Waals surface area (Å²) in [6.45, 7) is 0. The molecule has 0 atom stereocenters. The lowest BCUT2D eigenvalue weighted by Gasteiger charge is -2.12. The number of para-hydroxylation sites is 2. The third kappa shape index (κ3) is 2.11. The van der Waals surface area contributed by atoms with Crippen molar-refractivity contribution in [2.24, 2.45) is 0 Å². The van der Waals surface area contributed by atoms with E-state index in [1.54, 1.807) is 0 Å². The largest absolute Gasteiger partial charge is 0.308 e. The zero-order valence-corrected chi connectivity index (χ0v) is 12.7. The fourth-order valence-electron chi connectivity index (χ4n) is 2.87. The van der Waals surface area contributed by atoms with Crippen molar-refractivity contribution in [3.8, 4) is 16.9 Å². The summed E-state index contributed by atoms with van der Waals surface area (Å²) in [7, 11) is 0. The Labute approximate surface area is 134 Å². The van der Waals surface area contributed by atoms with E-state index in [4.69, 9.17) is 11.6 Å². The van der Waals surface area contributed by atoms with Crippen LogP contribution in [0.3, 0.4) is 0 Å². The standard InChI is InChI=1S/C20H14ClN/c21-17-11-5-7-13-19(17)22-18-12-6-4-10-16(18)14-20(22)15-8-2-1-3-9-15/h1-14H. The minimum absolute atomic E-state index is 0.751. The minimum Gasteiger partial charge on any atom is -0.308 e. The smallest absolute Gasteiger partial charge is 0.0648 e. The second-order valence-corrected chi connectivity index (χ2v) is 5.65. The molecule has 0 aliphatic rings. The maximum absolute atomic E-state index is 6.45. The number of halogens is 1. The molecule has 0 fully saturated rings. The van der Waals surface area contributed by atoms with Crippen LogP contribution in [0.2, 0.25) is 5.02 Å². The van der Waals surface area contributed by atoms with Crippen LogP contribution < -0.4 is 0 Å². The van der Waals surface area contributed by atoms with Crippen LogP contribution in [0.15, 0.2) is 84.9 Å². The van der Waals surface area contributed by atoms with Gasteiger partial charge in [0.05, 0.1) is 21.9 Å². The van der Waals surface area contributed by atoms with Crippen molar-refractivity contribution in [2.45, 2.75) is 0 Å². The number of hydrogen-bond acceptors (Lipinski definition) is 0.